The predicted octanol–water partition coefficient (Wildman–Crippen LogP) is 1.10. The molecule has 1 rings (SSSR count). The highest BCUT2D eigenvalue weighted by Gasteiger charge is 2.07. The molecule has 2 N–H and O–H groups in total. The number of nitrogens with one attached hydrogen (secondary N) is 1. The van der Waals surface area contributed by atoms with Gasteiger partial charge in [-0.25, -0.2) is 8.78 Å². The molecule has 0 aliphatic rings. The third kappa shape index (κ3) is 4.58. The second-order valence-electron chi connectivity index (χ2n) is 3.42. The van der Waals surface area contributed by atoms with Crippen molar-refractivity contribution in [3.63, 3.8) is 0 Å². The lowest BCUT2D eigenvalue weighted by atomic mass is 10.1. The molecule has 17 heavy (non-hydrogen) atoms. The number of hydrogen-bond donors (Lipinski definition) is 2. The molecule has 0 fully saturated rings. The smallest absolute Gasteiger partial charge is 0.305 e. The van der Waals surface area contributed by atoms with E-state index in [1.165, 1.54) is 6.07 Å². The zero-order chi connectivity index (χ0) is 12.8. The Labute approximate surface area is 96.3 Å². The molecule has 0 saturated heterocycles. The highest BCUT2D eigenvalue weighted by atomic mass is 19.2. The molecule has 0 radical (unpaired) electrons. The molecule has 0 aliphatic carbocycles. The van der Waals surface area contributed by atoms with Gasteiger partial charge in [-0.3, -0.25) is 9.59 Å². The van der Waals surface area contributed by atoms with Crippen molar-refractivity contribution in [3.8, 4) is 0 Å². The lowest BCUT2D eigenvalue weighted by molar-refractivity contribution is -0.136. The van der Waals surface area contributed by atoms with Gasteiger partial charge in [0.05, 0.1) is 12.8 Å². The van der Waals surface area contributed by atoms with Crippen LogP contribution in [0.4, 0.5) is 8.78 Å². The molecule has 0 unspecified atom stereocenters. The Hall–Kier alpha value is -1.98. The Morgan fingerprint density at radius 1 is 1.24 bits per heavy atom. The Morgan fingerprint density at radius 3 is 2.53 bits per heavy atom. The first-order valence-corrected chi connectivity index (χ1v) is 4.91. The molecule has 92 valence electrons. The summed E-state index contributed by atoms with van der Waals surface area (Å²) in [4.78, 5) is 21.4. The molecule has 4 nitrogen and oxygen atoms in total. The fourth-order valence-electron chi connectivity index (χ4n) is 1.21. The van der Waals surface area contributed by atoms with E-state index >= 15 is 0 Å². The number of carboxylic acids is 1. The molecule has 0 spiro atoms. The van der Waals surface area contributed by atoms with Crippen molar-refractivity contribution in [1.82, 2.24) is 5.32 Å². The number of aliphatic carboxylic acids is 1. The molecule has 1 aromatic carbocycles. The third-order valence-electron chi connectivity index (χ3n) is 2.01. The van der Waals surface area contributed by atoms with E-state index < -0.39 is 23.5 Å². The van der Waals surface area contributed by atoms with E-state index in [0.717, 1.165) is 12.1 Å². The van der Waals surface area contributed by atoms with E-state index in [9.17, 15) is 18.4 Å². The molecule has 0 atom stereocenters. The van der Waals surface area contributed by atoms with Gasteiger partial charge in [0.2, 0.25) is 5.91 Å². The van der Waals surface area contributed by atoms with Gasteiger partial charge < -0.3 is 10.4 Å². The van der Waals surface area contributed by atoms with E-state index in [1.54, 1.807) is 0 Å². The summed E-state index contributed by atoms with van der Waals surface area (Å²) < 4.78 is 25.4. The minimum absolute atomic E-state index is 0.0117. The Morgan fingerprint density at radius 2 is 1.94 bits per heavy atom. The predicted molar refractivity (Wildman–Crippen MR) is 55.3 cm³/mol. The summed E-state index contributed by atoms with van der Waals surface area (Å²) in [5.74, 6) is -3.43. The van der Waals surface area contributed by atoms with Crippen LogP contribution in [0.5, 0.6) is 0 Å². The SMILES string of the molecule is O=C(O)CCNC(=O)Cc1ccc(F)c(F)c1. The number of hydrogen-bond acceptors (Lipinski definition) is 2. The molecular weight excluding hydrogens is 232 g/mol. The Kier molecular flexibility index (Phi) is 4.56. The van der Waals surface area contributed by atoms with Crippen molar-refractivity contribution in [1.29, 1.82) is 0 Å². The summed E-state index contributed by atoms with van der Waals surface area (Å²) in [5.41, 5.74) is 0.330. The van der Waals surface area contributed by atoms with E-state index in [1.807, 2.05) is 0 Å². The molecule has 0 bridgehead atoms. The molecule has 0 heterocycles. The van der Waals surface area contributed by atoms with Gasteiger partial charge in [0, 0.05) is 6.54 Å². The molecule has 0 saturated carbocycles. The number of carbonyl (C=O) groups is 2. The van der Waals surface area contributed by atoms with Crippen LogP contribution >= 0.6 is 0 Å². The Bertz CT molecular complexity index is 435. The zero-order valence-corrected chi connectivity index (χ0v) is 8.87. The van der Waals surface area contributed by atoms with E-state index in [2.05, 4.69) is 5.32 Å². The number of halogens is 2. The van der Waals surface area contributed by atoms with Crippen LogP contribution in [0, 0.1) is 11.6 Å². The highest BCUT2D eigenvalue weighted by Crippen LogP contribution is 2.09. The van der Waals surface area contributed by atoms with Crippen LogP contribution < -0.4 is 5.32 Å². The van der Waals surface area contributed by atoms with Crippen LogP contribution in [0.1, 0.15) is 12.0 Å². The second-order valence-corrected chi connectivity index (χ2v) is 3.42. The van der Waals surface area contributed by atoms with Crippen LogP contribution in [0.25, 0.3) is 0 Å². The number of rotatable bonds is 5. The average Bonchev–Trinajstić information content (AvgIpc) is 2.23. The van der Waals surface area contributed by atoms with E-state index in [0.29, 0.717) is 5.56 Å². The minimum atomic E-state index is -1.02. The monoisotopic (exact) mass is 243 g/mol. The van der Waals surface area contributed by atoms with Crippen molar-refractivity contribution in [2.75, 3.05) is 6.54 Å². The summed E-state index contributed by atoms with van der Waals surface area (Å²) in [6, 6.07) is 3.18. The summed E-state index contributed by atoms with van der Waals surface area (Å²) in [5, 5.41) is 10.7. The Balaban J connectivity index is 2.45. The normalized spacial score (nSPS) is 10.0. The maximum atomic E-state index is 12.8. The number of amides is 1. The molecule has 1 aromatic rings. The van der Waals surface area contributed by atoms with Gasteiger partial charge >= 0.3 is 5.97 Å². The summed E-state index contributed by atoms with van der Waals surface area (Å²) in [6.45, 7) is 0.0117. The van der Waals surface area contributed by atoms with Crippen LogP contribution in [-0.2, 0) is 16.0 Å². The fourth-order valence-corrected chi connectivity index (χ4v) is 1.21. The quantitative estimate of drug-likeness (QED) is 0.813. The first kappa shape index (κ1) is 13.1. The van der Waals surface area contributed by atoms with Crippen LogP contribution in [0.2, 0.25) is 0 Å². The van der Waals surface area contributed by atoms with Gasteiger partial charge in [-0.1, -0.05) is 6.07 Å². The van der Waals surface area contributed by atoms with E-state index in [4.69, 9.17) is 5.11 Å². The van der Waals surface area contributed by atoms with Crippen molar-refractivity contribution < 1.29 is 23.5 Å². The summed E-state index contributed by atoms with van der Waals surface area (Å²) in [6.07, 6.45) is -0.291. The third-order valence-corrected chi connectivity index (χ3v) is 2.01. The highest BCUT2D eigenvalue weighted by molar-refractivity contribution is 5.79. The topological polar surface area (TPSA) is 66.4 Å². The molecule has 6 heteroatoms. The van der Waals surface area contributed by atoms with Crippen molar-refractivity contribution in [3.05, 3.63) is 35.4 Å². The van der Waals surface area contributed by atoms with Crippen LogP contribution in [0.3, 0.4) is 0 Å². The fraction of sp³-hybridized carbons (Fsp3) is 0.273. The maximum absolute atomic E-state index is 12.8. The first-order chi connectivity index (χ1) is 7.99. The van der Waals surface area contributed by atoms with Crippen molar-refractivity contribution in [2.45, 2.75) is 12.8 Å². The largest absolute Gasteiger partial charge is 0.481 e. The van der Waals surface area contributed by atoms with Gasteiger partial charge in [-0.2, -0.15) is 0 Å². The zero-order valence-electron chi connectivity index (χ0n) is 8.87. The van der Waals surface area contributed by atoms with Crippen LogP contribution in [0.15, 0.2) is 18.2 Å². The summed E-state index contributed by atoms with van der Waals surface area (Å²) in [7, 11) is 0. The lowest BCUT2D eigenvalue weighted by Gasteiger charge is -2.04. The van der Waals surface area contributed by atoms with Gasteiger partial charge in [0.1, 0.15) is 0 Å². The van der Waals surface area contributed by atoms with Gasteiger partial charge in [0.25, 0.3) is 0 Å². The minimum Gasteiger partial charge on any atom is -0.481 e. The van der Waals surface area contributed by atoms with Crippen molar-refractivity contribution >= 4 is 11.9 Å². The lowest BCUT2D eigenvalue weighted by Crippen LogP contribution is -2.27. The second kappa shape index (κ2) is 5.93. The molecule has 0 aromatic heterocycles. The van der Waals surface area contributed by atoms with Gasteiger partial charge in [0.15, 0.2) is 11.6 Å². The standard InChI is InChI=1S/C11H11F2NO3/c12-8-2-1-7(5-9(8)13)6-10(15)14-4-3-11(16)17/h1-2,5H,3-4,6H2,(H,14,15)(H,16,17). The number of carboxylic acid groups (broad SMARTS) is 1. The molecule has 0 aliphatic heterocycles. The maximum Gasteiger partial charge on any atom is 0.305 e. The molecular formula is C11H11F2NO3. The first-order valence-electron chi connectivity index (χ1n) is 4.91. The number of benzene rings is 1. The van der Waals surface area contributed by atoms with Gasteiger partial charge in [-0.05, 0) is 17.7 Å². The van der Waals surface area contributed by atoms with Crippen LogP contribution in [-0.4, -0.2) is 23.5 Å². The van der Waals surface area contributed by atoms with E-state index in [-0.39, 0.29) is 19.4 Å². The summed E-state index contributed by atoms with van der Waals surface area (Å²) >= 11 is 0. The number of carbonyl (C=O) groups excluding carboxylic acids is 1. The average molecular weight is 243 g/mol. The van der Waals surface area contributed by atoms with Crippen molar-refractivity contribution in [2.24, 2.45) is 0 Å². The van der Waals surface area contributed by atoms with Gasteiger partial charge in [-0.15, -0.1) is 0 Å². The molecule has 1 amide bonds.